The van der Waals surface area contributed by atoms with Gasteiger partial charge in [-0.3, -0.25) is 0 Å². The monoisotopic (exact) mass is 274 g/mol. The van der Waals surface area contributed by atoms with Crippen LogP contribution in [0.4, 0.5) is 13.2 Å². The number of fused-ring (bicyclic) bond motifs is 1. The molecule has 0 bridgehead atoms. The Balaban J connectivity index is 1.60. The fourth-order valence-electron chi connectivity index (χ4n) is 4.88. The van der Waals surface area contributed by atoms with Gasteiger partial charge in [0.25, 0.3) is 0 Å². The first-order valence-corrected chi connectivity index (χ1v) is 8.07. The van der Waals surface area contributed by atoms with E-state index in [9.17, 15) is 13.2 Å². The molecule has 0 aliphatic heterocycles. The fraction of sp³-hybridized carbons (Fsp3) is 1.00. The summed E-state index contributed by atoms with van der Waals surface area (Å²) >= 11 is 0. The van der Waals surface area contributed by atoms with Crippen LogP contribution in [-0.2, 0) is 0 Å². The molecule has 3 aliphatic carbocycles. The highest BCUT2D eigenvalue weighted by atomic mass is 19.2. The van der Waals surface area contributed by atoms with Gasteiger partial charge in [-0.1, -0.05) is 25.7 Å². The quantitative estimate of drug-likeness (QED) is 0.630. The Bertz CT molecular complexity index is 294. The molecule has 0 heterocycles. The maximum Gasteiger partial charge on any atom is 0.162 e. The molecule has 3 aliphatic rings. The summed E-state index contributed by atoms with van der Waals surface area (Å²) in [5.41, 5.74) is 0. The van der Waals surface area contributed by atoms with Crippen LogP contribution < -0.4 is 0 Å². The number of hydrogen-bond acceptors (Lipinski definition) is 0. The molecule has 0 radical (unpaired) electrons. The summed E-state index contributed by atoms with van der Waals surface area (Å²) < 4.78 is 40.3. The van der Waals surface area contributed by atoms with Gasteiger partial charge < -0.3 is 0 Å². The van der Waals surface area contributed by atoms with Crippen LogP contribution in [-0.4, -0.2) is 18.5 Å². The molecule has 5 atom stereocenters. The van der Waals surface area contributed by atoms with Crippen molar-refractivity contribution < 1.29 is 13.2 Å². The molecule has 0 spiro atoms. The van der Waals surface area contributed by atoms with Gasteiger partial charge in [-0.2, -0.15) is 0 Å². The average Bonchev–Trinajstić information content (AvgIpc) is 2.43. The molecule has 0 aromatic rings. The Morgan fingerprint density at radius 3 is 1.74 bits per heavy atom. The molecule has 19 heavy (non-hydrogen) atoms. The number of halogens is 3. The second-order valence-corrected chi connectivity index (χ2v) is 7.09. The van der Waals surface area contributed by atoms with Crippen molar-refractivity contribution in [2.45, 2.75) is 76.3 Å². The topological polar surface area (TPSA) is 0 Å². The van der Waals surface area contributed by atoms with E-state index in [1.807, 2.05) is 0 Å². The van der Waals surface area contributed by atoms with Gasteiger partial charge >= 0.3 is 0 Å². The summed E-state index contributed by atoms with van der Waals surface area (Å²) in [5.74, 6) is 2.18. The van der Waals surface area contributed by atoms with E-state index in [1.165, 1.54) is 32.1 Å². The summed E-state index contributed by atoms with van der Waals surface area (Å²) in [4.78, 5) is 0. The van der Waals surface area contributed by atoms with E-state index < -0.39 is 18.5 Å². The molecule has 3 fully saturated rings. The van der Waals surface area contributed by atoms with E-state index in [0.717, 1.165) is 24.7 Å². The zero-order valence-electron chi connectivity index (χ0n) is 11.5. The molecule has 0 amide bonds. The molecular weight excluding hydrogens is 249 g/mol. The molecule has 0 aromatic heterocycles. The normalized spacial score (nSPS) is 51.6. The molecule has 0 saturated heterocycles. The van der Waals surface area contributed by atoms with Crippen molar-refractivity contribution in [3.05, 3.63) is 0 Å². The third kappa shape index (κ3) is 2.80. The Kier molecular flexibility index (Phi) is 4.09. The fourth-order valence-corrected chi connectivity index (χ4v) is 4.88. The van der Waals surface area contributed by atoms with Crippen LogP contribution in [0.3, 0.4) is 0 Å². The van der Waals surface area contributed by atoms with Crippen molar-refractivity contribution in [1.82, 2.24) is 0 Å². The standard InChI is InChI=1S/C16H25F3/c17-14-8-13(9-15(18)16(14)19)12-6-5-10-3-1-2-4-11(10)7-12/h10-16H,1-9H2. The van der Waals surface area contributed by atoms with Crippen LogP contribution >= 0.6 is 0 Å². The smallest absolute Gasteiger partial charge is 0.162 e. The van der Waals surface area contributed by atoms with Crippen LogP contribution in [0.2, 0.25) is 0 Å². The lowest BCUT2D eigenvalue weighted by Gasteiger charge is -2.44. The summed E-state index contributed by atoms with van der Waals surface area (Å²) in [6, 6.07) is 0. The van der Waals surface area contributed by atoms with Crippen molar-refractivity contribution in [2.24, 2.45) is 23.7 Å². The number of hydrogen-bond donors (Lipinski definition) is 0. The van der Waals surface area contributed by atoms with Crippen LogP contribution in [0, 0.1) is 23.7 Å². The minimum absolute atomic E-state index is 0.0832. The second-order valence-electron chi connectivity index (χ2n) is 7.09. The minimum Gasteiger partial charge on any atom is -0.244 e. The first-order chi connectivity index (χ1) is 9.15. The van der Waals surface area contributed by atoms with Crippen LogP contribution in [0.1, 0.15) is 57.8 Å². The largest absolute Gasteiger partial charge is 0.244 e. The van der Waals surface area contributed by atoms with Crippen LogP contribution in [0.15, 0.2) is 0 Å². The van der Waals surface area contributed by atoms with Gasteiger partial charge in [0, 0.05) is 0 Å². The Hall–Kier alpha value is -0.210. The Morgan fingerprint density at radius 2 is 1.05 bits per heavy atom. The lowest BCUT2D eigenvalue weighted by Crippen LogP contribution is -2.41. The van der Waals surface area contributed by atoms with E-state index in [1.54, 1.807) is 0 Å². The lowest BCUT2D eigenvalue weighted by molar-refractivity contribution is -0.0136. The van der Waals surface area contributed by atoms with E-state index in [2.05, 4.69) is 0 Å². The van der Waals surface area contributed by atoms with Gasteiger partial charge in [-0.25, -0.2) is 13.2 Å². The molecular formula is C16H25F3. The average molecular weight is 274 g/mol. The second kappa shape index (κ2) is 5.65. The highest BCUT2D eigenvalue weighted by molar-refractivity contribution is 4.92. The summed E-state index contributed by atoms with van der Waals surface area (Å²) in [5, 5.41) is 0. The molecule has 3 saturated carbocycles. The highest BCUT2D eigenvalue weighted by Gasteiger charge is 2.43. The van der Waals surface area contributed by atoms with Crippen molar-refractivity contribution >= 4 is 0 Å². The van der Waals surface area contributed by atoms with Gasteiger partial charge in [0.15, 0.2) is 6.17 Å². The molecule has 110 valence electrons. The van der Waals surface area contributed by atoms with Crippen molar-refractivity contribution in [3.63, 3.8) is 0 Å². The molecule has 3 heteroatoms. The van der Waals surface area contributed by atoms with E-state index in [-0.39, 0.29) is 18.8 Å². The van der Waals surface area contributed by atoms with Crippen LogP contribution in [0.5, 0.6) is 0 Å². The van der Waals surface area contributed by atoms with Crippen molar-refractivity contribution in [3.8, 4) is 0 Å². The van der Waals surface area contributed by atoms with Crippen LogP contribution in [0.25, 0.3) is 0 Å². The Morgan fingerprint density at radius 1 is 0.526 bits per heavy atom. The molecule has 0 N–H and O–H groups in total. The zero-order valence-corrected chi connectivity index (χ0v) is 11.5. The predicted octanol–water partition coefficient (Wildman–Crippen LogP) is 5.02. The first kappa shape index (κ1) is 13.8. The Labute approximate surface area is 114 Å². The molecule has 0 nitrogen and oxygen atoms in total. The zero-order chi connectivity index (χ0) is 13.4. The van der Waals surface area contributed by atoms with Gasteiger partial charge in [-0.15, -0.1) is 0 Å². The predicted molar refractivity (Wildman–Crippen MR) is 70.2 cm³/mol. The molecule has 3 rings (SSSR count). The summed E-state index contributed by atoms with van der Waals surface area (Å²) in [6.07, 6.45) is 4.32. The third-order valence-corrected chi connectivity index (χ3v) is 5.99. The van der Waals surface area contributed by atoms with Gasteiger partial charge in [-0.05, 0) is 55.8 Å². The maximum absolute atomic E-state index is 13.6. The first-order valence-electron chi connectivity index (χ1n) is 8.07. The van der Waals surface area contributed by atoms with Crippen molar-refractivity contribution in [2.75, 3.05) is 0 Å². The highest BCUT2D eigenvalue weighted by Crippen LogP contribution is 2.48. The van der Waals surface area contributed by atoms with E-state index in [0.29, 0.717) is 5.92 Å². The van der Waals surface area contributed by atoms with E-state index >= 15 is 0 Å². The van der Waals surface area contributed by atoms with E-state index in [4.69, 9.17) is 0 Å². The number of rotatable bonds is 1. The molecule has 5 unspecified atom stereocenters. The maximum atomic E-state index is 13.6. The van der Waals surface area contributed by atoms with Gasteiger partial charge in [0.1, 0.15) is 12.3 Å². The molecule has 0 aromatic carbocycles. The minimum atomic E-state index is -1.87. The summed E-state index contributed by atoms with van der Waals surface area (Å²) in [7, 11) is 0. The number of alkyl halides is 3. The lowest BCUT2D eigenvalue weighted by atomic mass is 9.63. The van der Waals surface area contributed by atoms with Gasteiger partial charge in [0.2, 0.25) is 0 Å². The SMILES string of the molecule is FC1CC(C2CCC3CCCCC3C2)CC(F)C1F. The van der Waals surface area contributed by atoms with Gasteiger partial charge in [0.05, 0.1) is 0 Å². The third-order valence-electron chi connectivity index (χ3n) is 5.99. The van der Waals surface area contributed by atoms with Crippen molar-refractivity contribution in [1.29, 1.82) is 0 Å². The summed E-state index contributed by atoms with van der Waals surface area (Å²) in [6.45, 7) is 0.